The number of ether oxygens (including phenoxy) is 1. The van der Waals surface area contributed by atoms with Crippen molar-refractivity contribution < 1.29 is 9.53 Å². The van der Waals surface area contributed by atoms with Crippen molar-refractivity contribution in [3.63, 3.8) is 0 Å². The Labute approximate surface area is 114 Å². The zero-order chi connectivity index (χ0) is 13.5. The van der Waals surface area contributed by atoms with Crippen molar-refractivity contribution in [2.45, 2.75) is 25.9 Å². The van der Waals surface area contributed by atoms with Crippen LogP contribution >= 0.6 is 0 Å². The summed E-state index contributed by atoms with van der Waals surface area (Å²) in [7, 11) is 0. The average Bonchev–Trinajstić information content (AvgIpc) is 2.86. The molecule has 0 radical (unpaired) electrons. The SMILES string of the molecule is CCOC(=O)CN[C@@H]1CCN(Cc2ccccc2)C1. The highest BCUT2D eigenvalue weighted by molar-refractivity contribution is 5.71. The molecule has 1 aromatic carbocycles. The number of rotatable bonds is 6. The highest BCUT2D eigenvalue weighted by Crippen LogP contribution is 2.13. The molecule has 1 aromatic rings. The van der Waals surface area contributed by atoms with Gasteiger partial charge in [-0.1, -0.05) is 30.3 Å². The summed E-state index contributed by atoms with van der Waals surface area (Å²) in [5.41, 5.74) is 1.34. The van der Waals surface area contributed by atoms with E-state index in [1.807, 2.05) is 13.0 Å². The van der Waals surface area contributed by atoms with E-state index in [2.05, 4.69) is 34.5 Å². The minimum absolute atomic E-state index is 0.163. The minimum Gasteiger partial charge on any atom is -0.465 e. The van der Waals surface area contributed by atoms with Gasteiger partial charge in [0.15, 0.2) is 0 Å². The molecule has 1 fully saturated rings. The van der Waals surface area contributed by atoms with Crippen LogP contribution in [-0.2, 0) is 16.1 Å². The molecule has 1 N–H and O–H groups in total. The van der Waals surface area contributed by atoms with Crippen molar-refractivity contribution in [1.82, 2.24) is 10.2 Å². The first-order chi connectivity index (χ1) is 9.28. The van der Waals surface area contributed by atoms with Gasteiger partial charge in [-0.15, -0.1) is 0 Å². The standard InChI is InChI=1S/C15H22N2O2/c1-2-19-15(18)10-16-14-8-9-17(12-14)11-13-6-4-3-5-7-13/h3-7,14,16H,2,8-12H2,1H3/t14-/m1/s1. The molecule has 0 spiro atoms. The molecule has 4 heteroatoms. The predicted molar refractivity (Wildman–Crippen MR) is 74.8 cm³/mol. The Balaban J connectivity index is 1.70. The van der Waals surface area contributed by atoms with E-state index >= 15 is 0 Å². The van der Waals surface area contributed by atoms with Crippen molar-refractivity contribution in [3.8, 4) is 0 Å². The fourth-order valence-electron chi connectivity index (χ4n) is 2.42. The summed E-state index contributed by atoms with van der Waals surface area (Å²) in [5.74, 6) is -0.163. The van der Waals surface area contributed by atoms with Crippen molar-refractivity contribution in [3.05, 3.63) is 35.9 Å². The number of nitrogens with zero attached hydrogens (tertiary/aromatic N) is 1. The van der Waals surface area contributed by atoms with Gasteiger partial charge in [-0.3, -0.25) is 9.69 Å². The predicted octanol–water partition coefficient (Wildman–Crippen LogP) is 1.41. The molecule has 4 nitrogen and oxygen atoms in total. The zero-order valence-corrected chi connectivity index (χ0v) is 11.5. The Bertz CT molecular complexity index is 394. The zero-order valence-electron chi connectivity index (χ0n) is 11.5. The summed E-state index contributed by atoms with van der Waals surface area (Å²) in [6.45, 7) is 5.65. The molecule has 2 rings (SSSR count). The second kappa shape index (κ2) is 7.26. The summed E-state index contributed by atoms with van der Waals surface area (Å²) < 4.78 is 4.91. The first-order valence-electron chi connectivity index (χ1n) is 6.93. The number of carbonyl (C=O) groups excluding carboxylic acids is 1. The fourth-order valence-corrected chi connectivity index (χ4v) is 2.42. The molecule has 0 aliphatic carbocycles. The van der Waals surface area contributed by atoms with E-state index in [1.54, 1.807) is 0 Å². The van der Waals surface area contributed by atoms with Crippen LogP contribution in [-0.4, -0.2) is 43.2 Å². The fraction of sp³-hybridized carbons (Fsp3) is 0.533. The summed E-state index contributed by atoms with van der Waals surface area (Å²) in [6.07, 6.45) is 1.09. The van der Waals surface area contributed by atoms with Crippen LogP contribution < -0.4 is 5.32 Å². The maximum atomic E-state index is 11.3. The third kappa shape index (κ3) is 4.65. The Morgan fingerprint density at radius 3 is 2.95 bits per heavy atom. The molecule has 1 atom stereocenters. The average molecular weight is 262 g/mol. The number of nitrogens with one attached hydrogen (secondary N) is 1. The van der Waals surface area contributed by atoms with Gasteiger partial charge < -0.3 is 10.1 Å². The van der Waals surface area contributed by atoms with Gasteiger partial charge in [0.05, 0.1) is 13.2 Å². The maximum Gasteiger partial charge on any atom is 0.319 e. The van der Waals surface area contributed by atoms with Gasteiger partial charge in [0.1, 0.15) is 0 Å². The van der Waals surface area contributed by atoms with Crippen LogP contribution in [0.1, 0.15) is 18.9 Å². The van der Waals surface area contributed by atoms with Gasteiger partial charge in [0, 0.05) is 25.7 Å². The number of likely N-dealkylation sites (tertiary alicyclic amines) is 1. The van der Waals surface area contributed by atoms with Crippen molar-refractivity contribution in [2.75, 3.05) is 26.2 Å². The van der Waals surface area contributed by atoms with Crippen molar-refractivity contribution in [1.29, 1.82) is 0 Å². The van der Waals surface area contributed by atoms with Gasteiger partial charge in [-0.2, -0.15) is 0 Å². The van der Waals surface area contributed by atoms with Crippen molar-refractivity contribution >= 4 is 5.97 Å². The lowest BCUT2D eigenvalue weighted by Gasteiger charge is -2.16. The van der Waals surface area contributed by atoms with Crippen LogP contribution in [0.3, 0.4) is 0 Å². The molecular weight excluding hydrogens is 240 g/mol. The lowest BCUT2D eigenvalue weighted by Crippen LogP contribution is -2.36. The first-order valence-corrected chi connectivity index (χ1v) is 6.93. The molecule has 104 valence electrons. The van der Waals surface area contributed by atoms with Crippen LogP contribution in [0.25, 0.3) is 0 Å². The van der Waals surface area contributed by atoms with E-state index in [9.17, 15) is 4.79 Å². The normalized spacial score (nSPS) is 19.5. The van der Waals surface area contributed by atoms with E-state index in [1.165, 1.54) is 5.56 Å². The number of carbonyl (C=O) groups is 1. The Kier molecular flexibility index (Phi) is 5.36. The van der Waals surface area contributed by atoms with Crippen LogP contribution in [0.5, 0.6) is 0 Å². The largest absolute Gasteiger partial charge is 0.465 e. The molecule has 0 aromatic heterocycles. The topological polar surface area (TPSA) is 41.6 Å². The quantitative estimate of drug-likeness (QED) is 0.787. The first kappa shape index (κ1) is 14.0. The molecule has 0 saturated carbocycles. The van der Waals surface area contributed by atoms with Gasteiger partial charge in [0.25, 0.3) is 0 Å². The molecule has 0 amide bonds. The molecule has 1 heterocycles. The number of benzene rings is 1. The van der Waals surface area contributed by atoms with Gasteiger partial charge in [-0.25, -0.2) is 0 Å². The third-order valence-electron chi connectivity index (χ3n) is 3.36. The van der Waals surface area contributed by atoms with E-state index in [-0.39, 0.29) is 5.97 Å². The Morgan fingerprint density at radius 1 is 1.42 bits per heavy atom. The summed E-state index contributed by atoms with van der Waals surface area (Å²) in [5, 5.41) is 3.27. The van der Waals surface area contributed by atoms with E-state index in [4.69, 9.17) is 4.74 Å². The van der Waals surface area contributed by atoms with Crippen LogP contribution in [0, 0.1) is 0 Å². The minimum atomic E-state index is -0.163. The van der Waals surface area contributed by atoms with Gasteiger partial charge in [0.2, 0.25) is 0 Å². The smallest absolute Gasteiger partial charge is 0.319 e. The molecule has 19 heavy (non-hydrogen) atoms. The second-order valence-electron chi connectivity index (χ2n) is 4.89. The van der Waals surface area contributed by atoms with Crippen LogP contribution in [0.2, 0.25) is 0 Å². The summed E-state index contributed by atoms with van der Waals surface area (Å²) in [4.78, 5) is 13.7. The molecule has 1 aliphatic heterocycles. The van der Waals surface area contributed by atoms with Crippen LogP contribution in [0.4, 0.5) is 0 Å². The Morgan fingerprint density at radius 2 is 2.21 bits per heavy atom. The van der Waals surface area contributed by atoms with E-state index in [0.717, 1.165) is 26.1 Å². The highest BCUT2D eigenvalue weighted by Gasteiger charge is 2.22. The van der Waals surface area contributed by atoms with Crippen LogP contribution in [0.15, 0.2) is 30.3 Å². The van der Waals surface area contributed by atoms with Gasteiger partial charge in [-0.05, 0) is 18.9 Å². The van der Waals surface area contributed by atoms with Gasteiger partial charge >= 0.3 is 5.97 Å². The maximum absolute atomic E-state index is 11.3. The van der Waals surface area contributed by atoms with E-state index in [0.29, 0.717) is 19.2 Å². The molecule has 0 bridgehead atoms. The summed E-state index contributed by atoms with van der Waals surface area (Å²) >= 11 is 0. The Hall–Kier alpha value is -1.39. The molecular formula is C15H22N2O2. The van der Waals surface area contributed by atoms with Crippen molar-refractivity contribution in [2.24, 2.45) is 0 Å². The lowest BCUT2D eigenvalue weighted by molar-refractivity contribution is -0.142. The number of esters is 1. The molecule has 1 aliphatic rings. The summed E-state index contributed by atoms with van der Waals surface area (Å²) in [6, 6.07) is 10.9. The third-order valence-corrected chi connectivity index (χ3v) is 3.36. The molecule has 0 unspecified atom stereocenters. The monoisotopic (exact) mass is 262 g/mol. The number of hydrogen-bond donors (Lipinski definition) is 1. The number of hydrogen-bond acceptors (Lipinski definition) is 4. The lowest BCUT2D eigenvalue weighted by atomic mass is 10.2. The highest BCUT2D eigenvalue weighted by atomic mass is 16.5. The molecule has 1 saturated heterocycles. The second-order valence-corrected chi connectivity index (χ2v) is 4.89. The van der Waals surface area contributed by atoms with E-state index < -0.39 is 0 Å².